The summed E-state index contributed by atoms with van der Waals surface area (Å²) in [5, 5.41) is 6.75. The molecule has 1 amide bonds. The Morgan fingerprint density at radius 1 is 1.62 bits per heavy atom. The van der Waals surface area contributed by atoms with Gasteiger partial charge in [0.05, 0.1) is 0 Å². The van der Waals surface area contributed by atoms with E-state index in [1.54, 1.807) is 0 Å². The number of amides is 1. The van der Waals surface area contributed by atoms with Crippen LogP contribution in [0.1, 0.15) is 26.2 Å². The number of hydrogen-bond acceptors (Lipinski definition) is 4. The third kappa shape index (κ3) is 4.39. The molecule has 6 nitrogen and oxygen atoms in total. The number of hydrogen-bond donors (Lipinski definition) is 2. The molecule has 90 valence electrons. The summed E-state index contributed by atoms with van der Waals surface area (Å²) in [6.07, 6.45) is 6.03. The molecule has 0 saturated carbocycles. The lowest BCUT2D eigenvalue weighted by Gasteiger charge is -2.16. The number of nitrogens with one attached hydrogen (secondary N) is 1. The maximum absolute atomic E-state index is 11.6. The summed E-state index contributed by atoms with van der Waals surface area (Å²) in [7, 11) is 0. The quantitative estimate of drug-likeness (QED) is 0.679. The smallest absolute Gasteiger partial charge is 0.242 e. The minimum absolute atomic E-state index is 0.0657. The van der Waals surface area contributed by atoms with Crippen LogP contribution in [0.4, 0.5) is 0 Å². The van der Waals surface area contributed by atoms with E-state index in [9.17, 15) is 4.79 Å². The third-order valence-electron chi connectivity index (χ3n) is 2.33. The van der Waals surface area contributed by atoms with Crippen LogP contribution in [0.5, 0.6) is 0 Å². The highest BCUT2D eigenvalue weighted by molar-refractivity contribution is 5.75. The molecule has 1 rings (SSSR count). The molecule has 0 aromatic carbocycles. The second kappa shape index (κ2) is 6.95. The van der Waals surface area contributed by atoms with Crippen molar-refractivity contribution < 1.29 is 4.79 Å². The van der Waals surface area contributed by atoms with Gasteiger partial charge in [0.25, 0.3) is 0 Å². The first kappa shape index (κ1) is 12.6. The number of carbonyl (C=O) groups is 1. The first-order valence-electron chi connectivity index (χ1n) is 5.58. The number of carbonyl (C=O) groups excluding carboxylic acids is 1. The molecule has 0 aliphatic rings. The SMILES string of the molecule is CCCCC(CN)NC(=O)Cn1cncn1. The van der Waals surface area contributed by atoms with Gasteiger partial charge in [-0.05, 0) is 6.42 Å². The van der Waals surface area contributed by atoms with Crippen LogP contribution in [0.2, 0.25) is 0 Å². The Balaban J connectivity index is 2.31. The van der Waals surface area contributed by atoms with Gasteiger partial charge in [-0.15, -0.1) is 0 Å². The molecule has 16 heavy (non-hydrogen) atoms. The van der Waals surface area contributed by atoms with Gasteiger partial charge in [0.2, 0.25) is 5.91 Å². The van der Waals surface area contributed by atoms with Crippen LogP contribution in [-0.4, -0.2) is 33.3 Å². The average molecular weight is 225 g/mol. The van der Waals surface area contributed by atoms with Gasteiger partial charge in [0.1, 0.15) is 19.2 Å². The molecule has 0 spiro atoms. The van der Waals surface area contributed by atoms with Gasteiger partial charge in [-0.1, -0.05) is 19.8 Å². The lowest BCUT2D eigenvalue weighted by Crippen LogP contribution is -2.41. The van der Waals surface area contributed by atoms with Gasteiger partial charge >= 0.3 is 0 Å². The van der Waals surface area contributed by atoms with Crippen molar-refractivity contribution >= 4 is 5.91 Å². The minimum atomic E-state index is -0.0722. The van der Waals surface area contributed by atoms with Crippen molar-refractivity contribution in [2.45, 2.75) is 38.8 Å². The van der Waals surface area contributed by atoms with Gasteiger partial charge in [-0.3, -0.25) is 4.79 Å². The first-order valence-corrected chi connectivity index (χ1v) is 5.58. The fourth-order valence-corrected chi connectivity index (χ4v) is 1.43. The summed E-state index contributed by atoms with van der Waals surface area (Å²) in [4.78, 5) is 15.4. The van der Waals surface area contributed by atoms with Crippen molar-refractivity contribution in [2.75, 3.05) is 6.54 Å². The molecule has 1 unspecified atom stereocenters. The van der Waals surface area contributed by atoms with Crippen LogP contribution in [0, 0.1) is 0 Å². The number of nitrogens with zero attached hydrogens (tertiary/aromatic N) is 3. The Hall–Kier alpha value is -1.43. The van der Waals surface area contributed by atoms with Crippen molar-refractivity contribution in [3.63, 3.8) is 0 Å². The Kier molecular flexibility index (Phi) is 5.49. The van der Waals surface area contributed by atoms with Gasteiger partial charge in [-0.25, -0.2) is 9.67 Å². The van der Waals surface area contributed by atoms with Gasteiger partial charge < -0.3 is 11.1 Å². The van der Waals surface area contributed by atoms with Gasteiger partial charge in [-0.2, -0.15) is 5.10 Å². The lowest BCUT2D eigenvalue weighted by molar-refractivity contribution is -0.122. The Bertz CT molecular complexity index is 298. The van der Waals surface area contributed by atoms with E-state index in [1.165, 1.54) is 17.3 Å². The number of nitrogens with two attached hydrogens (primary N) is 1. The summed E-state index contributed by atoms with van der Waals surface area (Å²) < 4.78 is 1.49. The maximum atomic E-state index is 11.6. The van der Waals surface area contributed by atoms with Crippen molar-refractivity contribution in [3.8, 4) is 0 Å². The third-order valence-corrected chi connectivity index (χ3v) is 2.33. The van der Waals surface area contributed by atoms with E-state index in [4.69, 9.17) is 5.73 Å². The van der Waals surface area contributed by atoms with Crippen molar-refractivity contribution in [3.05, 3.63) is 12.7 Å². The van der Waals surface area contributed by atoms with Crippen LogP contribution in [-0.2, 0) is 11.3 Å². The molecule has 0 bridgehead atoms. The zero-order valence-corrected chi connectivity index (χ0v) is 9.59. The highest BCUT2D eigenvalue weighted by Gasteiger charge is 2.10. The van der Waals surface area contributed by atoms with Crippen LogP contribution in [0.25, 0.3) is 0 Å². The molecule has 0 radical (unpaired) electrons. The van der Waals surface area contributed by atoms with E-state index in [1.807, 2.05) is 0 Å². The van der Waals surface area contributed by atoms with E-state index in [0.717, 1.165) is 19.3 Å². The molecule has 0 fully saturated rings. The largest absolute Gasteiger partial charge is 0.350 e. The second-order valence-corrected chi connectivity index (χ2v) is 3.74. The van der Waals surface area contributed by atoms with Crippen LogP contribution in [0.15, 0.2) is 12.7 Å². The standard InChI is InChI=1S/C10H19N5O/c1-2-3-4-9(5-11)14-10(16)6-15-8-12-7-13-15/h7-9H,2-6,11H2,1H3,(H,14,16). The van der Waals surface area contributed by atoms with Gasteiger partial charge in [0, 0.05) is 12.6 Å². The fourth-order valence-electron chi connectivity index (χ4n) is 1.43. The molecule has 1 aromatic heterocycles. The Morgan fingerprint density at radius 2 is 2.44 bits per heavy atom. The number of unbranched alkanes of at least 4 members (excludes halogenated alkanes) is 1. The molecule has 1 aromatic rings. The molecule has 0 aliphatic heterocycles. The molecular weight excluding hydrogens is 206 g/mol. The maximum Gasteiger partial charge on any atom is 0.242 e. The fraction of sp³-hybridized carbons (Fsp3) is 0.700. The molecular formula is C10H19N5O. The van der Waals surface area contributed by atoms with Crippen LogP contribution in [0.3, 0.4) is 0 Å². The monoisotopic (exact) mass is 225 g/mol. The number of aromatic nitrogens is 3. The second-order valence-electron chi connectivity index (χ2n) is 3.74. The van der Waals surface area contributed by atoms with Crippen LogP contribution >= 0.6 is 0 Å². The summed E-state index contributed by atoms with van der Waals surface area (Å²) in [6.45, 7) is 2.79. The predicted octanol–water partition coefficient (Wildman–Crippen LogP) is -0.0882. The minimum Gasteiger partial charge on any atom is -0.350 e. The highest BCUT2D eigenvalue weighted by Crippen LogP contribution is 1.99. The molecule has 0 aliphatic carbocycles. The van der Waals surface area contributed by atoms with E-state index >= 15 is 0 Å². The zero-order valence-electron chi connectivity index (χ0n) is 9.59. The zero-order chi connectivity index (χ0) is 11.8. The van der Waals surface area contributed by atoms with Gasteiger partial charge in [0.15, 0.2) is 0 Å². The summed E-state index contributed by atoms with van der Waals surface area (Å²) in [5.74, 6) is -0.0722. The molecule has 3 N–H and O–H groups in total. The van der Waals surface area contributed by atoms with E-state index < -0.39 is 0 Å². The van der Waals surface area contributed by atoms with E-state index in [2.05, 4.69) is 22.3 Å². The Morgan fingerprint density at radius 3 is 3.00 bits per heavy atom. The average Bonchev–Trinajstić information content (AvgIpc) is 2.76. The molecule has 6 heteroatoms. The van der Waals surface area contributed by atoms with E-state index in [0.29, 0.717) is 6.54 Å². The first-order chi connectivity index (χ1) is 7.76. The van der Waals surface area contributed by atoms with E-state index in [-0.39, 0.29) is 18.5 Å². The van der Waals surface area contributed by atoms with Crippen molar-refractivity contribution in [2.24, 2.45) is 5.73 Å². The van der Waals surface area contributed by atoms with Crippen molar-refractivity contribution in [1.29, 1.82) is 0 Å². The Labute approximate surface area is 95.2 Å². The van der Waals surface area contributed by atoms with Crippen molar-refractivity contribution in [1.82, 2.24) is 20.1 Å². The summed E-state index contributed by atoms with van der Waals surface area (Å²) in [6, 6.07) is 0.0657. The molecule has 1 heterocycles. The van der Waals surface area contributed by atoms with Crippen LogP contribution < -0.4 is 11.1 Å². The number of rotatable bonds is 7. The lowest BCUT2D eigenvalue weighted by atomic mass is 10.1. The highest BCUT2D eigenvalue weighted by atomic mass is 16.2. The normalized spacial score (nSPS) is 12.4. The summed E-state index contributed by atoms with van der Waals surface area (Å²) in [5.41, 5.74) is 5.59. The predicted molar refractivity (Wildman–Crippen MR) is 60.5 cm³/mol. The molecule has 0 saturated heterocycles. The molecule has 1 atom stereocenters. The summed E-state index contributed by atoms with van der Waals surface area (Å²) >= 11 is 0. The topological polar surface area (TPSA) is 85.8 Å².